The van der Waals surface area contributed by atoms with Gasteiger partial charge in [0, 0.05) is 19.0 Å². The van der Waals surface area contributed by atoms with Gasteiger partial charge in [0.2, 0.25) is 0 Å². The molecule has 0 radical (unpaired) electrons. The molecule has 0 amide bonds. The Morgan fingerprint density at radius 2 is 1.89 bits per heavy atom. The van der Waals surface area contributed by atoms with Crippen LogP contribution < -0.4 is 5.56 Å². The van der Waals surface area contributed by atoms with Crippen LogP contribution in [0.3, 0.4) is 0 Å². The van der Waals surface area contributed by atoms with E-state index in [2.05, 4.69) is 20.2 Å². The van der Waals surface area contributed by atoms with E-state index in [1.54, 1.807) is 20.9 Å². The zero-order valence-corrected chi connectivity index (χ0v) is 14.6. The maximum absolute atomic E-state index is 14.3. The highest BCUT2D eigenvalue weighted by Crippen LogP contribution is 2.33. The second-order valence-corrected chi connectivity index (χ2v) is 6.11. The Morgan fingerprint density at radius 3 is 2.48 bits per heavy atom. The molecule has 142 valence electrons. The van der Waals surface area contributed by atoms with Gasteiger partial charge in [-0.3, -0.25) is 4.79 Å². The number of halogens is 4. The van der Waals surface area contributed by atoms with Crippen LogP contribution in [0.2, 0.25) is 0 Å². The molecule has 0 bridgehead atoms. The Bertz CT molecular complexity index is 1050. The van der Waals surface area contributed by atoms with E-state index in [9.17, 15) is 22.4 Å². The first-order chi connectivity index (χ1) is 12.6. The van der Waals surface area contributed by atoms with Crippen LogP contribution in [-0.4, -0.2) is 24.7 Å². The van der Waals surface area contributed by atoms with Gasteiger partial charge in [0.1, 0.15) is 23.2 Å². The molecule has 0 aliphatic carbocycles. The van der Waals surface area contributed by atoms with Crippen molar-refractivity contribution in [2.24, 2.45) is 7.05 Å². The Morgan fingerprint density at radius 1 is 1.19 bits per heavy atom. The molecule has 1 N–H and O–H groups in total. The lowest BCUT2D eigenvalue weighted by Gasteiger charge is -2.14. The van der Waals surface area contributed by atoms with E-state index >= 15 is 0 Å². The highest BCUT2D eigenvalue weighted by molar-refractivity contribution is 5.49. The number of aromatic amines is 1. The Balaban J connectivity index is 2.01. The lowest BCUT2D eigenvalue weighted by Crippen LogP contribution is -2.12. The van der Waals surface area contributed by atoms with Gasteiger partial charge >= 0.3 is 6.18 Å². The van der Waals surface area contributed by atoms with Crippen molar-refractivity contribution in [3.8, 4) is 11.5 Å². The number of aryl methyl sites for hydroxylation is 1. The molecule has 0 saturated carbocycles. The van der Waals surface area contributed by atoms with E-state index in [1.807, 2.05) is 0 Å². The minimum atomic E-state index is -4.62. The fourth-order valence-electron chi connectivity index (χ4n) is 2.83. The number of nitrogens with zero attached hydrogens (tertiary/aromatic N) is 4. The Kier molecular flexibility index (Phi) is 4.58. The summed E-state index contributed by atoms with van der Waals surface area (Å²) in [7, 11) is 1.61. The molecule has 6 nitrogen and oxygen atoms in total. The molecule has 2 aromatic heterocycles. The van der Waals surface area contributed by atoms with Gasteiger partial charge in [-0.05, 0) is 24.6 Å². The highest BCUT2D eigenvalue weighted by atomic mass is 19.4. The summed E-state index contributed by atoms with van der Waals surface area (Å²) in [5.41, 5.74) is -1.07. The molecule has 27 heavy (non-hydrogen) atoms. The molecule has 10 heteroatoms. The Labute approximate surface area is 150 Å². The van der Waals surface area contributed by atoms with E-state index in [0.717, 1.165) is 12.1 Å². The van der Waals surface area contributed by atoms with Crippen LogP contribution in [0.5, 0.6) is 0 Å². The van der Waals surface area contributed by atoms with E-state index in [1.165, 1.54) is 10.6 Å². The summed E-state index contributed by atoms with van der Waals surface area (Å²) >= 11 is 0. The van der Waals surface area contributed by atoms with Crippen LogP contribution in [-0.2, 0) is 13.2 Å². The van der Waals surface area contributed by atoms with Gasteiger partial charge in [0.25, 0.3) is 5.56 Å². The normalized spacial score (nSPS) is 13.0. The van der Waals surface area contributed by atoms with Crippen molar-refractivity contribution in [2.45, 2.75) is 25.9 Å². The van der Waals surface area contributed by atoms with Gasteiger partial charge < -0.3 is 9.55 Å². The number of alkyl halides is 3. The topological polar surface area (TPSA) is 76.5 Å². The Hall–Kier alpha value is -3.04. The van der Waals surface area contributed by atoms with Crippen molar-refractivity contribution in [1.82, 2.24) is 24.7 Å². The van der Waals surface area contributed by atoms with E-state index in [4.69, 9.17) is 0 Å². The third-order valence-corrected chi connectivity index (χ3v) is 4.18. The number of rotatable bonds is 3. The molecular weight excluding hydrogens is 366 g/mol. The monoisotopic (exact) mass is 381 g/mol. The summed E-state index contributed by atoms with van der Waals surface area (Å²) in [5.74, 6) is -0.640. The number of nitrogens with one attached hydrogen (secondary N) is 1. The highest BCUT2D eigenvalue weighted by Gasteiger charge is 2.32. The SMILES string of the molecule is Cc1nc(-c2nnc(C(C)c3ccc(C(F)(F)F)cc3F)n2C)cc(=O)[nH]1. The van der Waals surface area contributed by atoms with Crippen molar-refractivity contribution >= 4 is 0 Å². The van der Waals surface area contributed by atoms with Gasteiger partial charge in [-0.15, -0.1) is 10.2 Å². The molecule has 0 fully saturated rings. The average Bonchev–Trinajstić information content (AvgIpc) is 2.94. The first-order valence-electron chi connectivity index (χ1n) is 7.92. The van der Waals surface area contributed by atoms with Crippen LogP contribution in [0.1, 0.15) is 35.6 Å². The number of H-pyrrole nitrogens is 1. The smallest absolute Gasteiger partial charge is 0.312 e. The lowest BCUT2D eigenvalue weighted by molar-refractivity contribution is -0.137. The van der Waals surface area contributed by atoms with E-state index in [0.29, 0.717) is 23.5 Å². The largest absolute Gasteiger partial charge is 0.416 e. The fraction of sp³-hybridized carbons (Fsp3) is 0.294. The van der Waals surface area contributed by atoms with Gasteiger partial charge in [0.05, 0.1) is 5.56 Å². The third kappa shape index (κ3) is 3.60. The summed E-state index contributed by atoms with van der Waals surface area (Å²) in [6.45, 7) is 3.22. The molecule has 1 atom stereocenters. The number of hydrogen-bond acceptors (Lipinski definition) is 4. The van der Waals surface area contributed by atoms with Crippen molar-refractivity contribution in [2.75, 3.05) is 0 Å². The molecular formula is C17H15F4N5O. The number of benzene rings is 1. The van der Waals surface area contributed by atoms with Crippen LogP contribution in [0, 0.1) is 12.7 Å². The van der Waals surface area contributed by atoms with Crippen LogP contribution in [0.15, 0.2) is 29.1 Å². The first kappa shape index (κ1) is 18.7. The second-order valence-electron chi connectivity index (χ2n) is 6.11. The number of aromatic nitrogens is 5. The second kappa shape index (κ2) is 6.60. The maximum Gasteiger partial charge on any atom is 0.416 e. The molecule has 3 aromatic rings. The summed E-state index contributed by atoms with van der Waals surface area (Å²) in [5, 5.41) is 8.01. The standard InChI is InChI=1S/C17H15F4N5O/c1-8(11-5-4-10(6-12(11)18)17(19,20)21)15-24-25-16(26(15)3)13-7-14(27)23-9(2)22-13/h4-8H,1-3H3,(H,22,23,27). The molecule has 1 unspecified atom stereocenters. The van der Waals surface area contributed by atoms with Gasteiger partial charge in [-0.1, -0.05) is 13.0 Å². The summed E-state index contributed by atoms with van der Waals surface area (Å²) in [6.07, 6.45) is -4.62. The molecule has 1 aromatic carbocycles. The van der Waals surface area contributed by atoms with Gasteiger partial charge in [-0.2, -0.15) is 13.2 Å². The van der Waals surface area contributed by atoms with Crippen molar-refractivity contribution in [3.05, 3.63) is 63.2 Å². The van der Waals surface area contributed by atoms with Crippen LogP contribution in [0.4, 0.5) is 17.6 Å². The summed E-state index contributed by atoms with van der Waals surface area (Å²) < 4.78 is 53.9. The van der Waals surface area contributed by atoms with Crippen LogP contribution in [0.25, 0.3) is 11.5 Å². The van der Waals surface area contributed by atoms with Crippen molar-refractivity contribution in [1.29, 1.82) is 0 Å². The zero-order valence-electron chi connectivity index (χ0n) is 14.6. The fourth-order valence-corrected chi connectivity index (χ4v) is 2.83. The molecule has 0 saturated heterocycles. The van der Waals surface area contributed by atoms with E-state index < -0.39 is 23.5 Å². The first-order valence-corrected chi connectivity index (χ1v) is 7.92. The molecule has 2 heterocycles. The van der Waals surface area contributed by atoms with Gasteiger partial charge in [0.15, 0.2) is 5.82 Å². The summed E-state index contributed by atoms with van der Waals surface area (Å²) in [6, 6.07) is 3.63. The predicted molar refractivity (Wildman–Crippen MR) is 88.5 cm³/mol. The molecule has 0 aliphatic rings. The number of hydrogen-bond donors (Lipinski definition) is 1. The molecule has 0 spiro atoms. The van der Waals surface area contributed by atoms with Crippen LogP contribution >= 0.6 is 0 Å². The average molecular weight is 381 g/mol. The summed E-state index contributed by atoms with van der Waals surface area (Å²) in [4.78, 5) is 18.3. The van der Waals surface area contributed by atoms with Gasteiger partial charge in [-0.25, -0.2) is 9.37 Å². The maximum atomic E-state index is 14.3. The quantitative estimate of drug-likeness (QED) is 0.707. The van der Waals surface area contributed by atoms with Crippen molar-refractivity contribution in [3.63, 3.8) is 0 Å². The van der Waals surface area contributed by atoms with E-state index in [-0.39, 0.29) is 16.8 Å². The predicted octanol–water partition coefficient (Wildman–Crippen LogP) is 3.18. The zero-order chi connectivity index (χ0) is 19.9. The minimum Gasteiger partial charge on any atom is -0.312 e. The third-order valence-electron chi connectivity index (χ3n) is 4.18. The lowest BCUT2D eigenvalue weighted by atomic mass is 9.98. The van der Waals surface area contributed by atoms with Crippen molar-refractivity contribution < 1.29 is 17.6 Å². The molecule has 0 aliphatic heterocycles. The molecule has 3 rings (SSSR count). The minimum absolute atomic E-state index is 0.0556.